The summed E-state index contributed by atoms with van der Waals surface area (Å²) in [4.78, 5) is 16.5. The molecule has 0 saturated carbocycles. The van der Waals surface area contributed by atoms with Crippen molar-refractivity contribution < 1.29 is 14.3 Å². The first-order chi connectivity index (χ1) is 13.2. The van der Waals surface area contributed by atoms with Crippen molar-refractivity contribution in [2.75, 3.05) is 26.2 Å². The van der Waals surface area contributed by atoms with Gasteiger partial charge in [0.2, 0.25) is 6.10 Å². The van der Waals surface area contributed by atoms with Crippen LogP contribution >= 0.6 is 11.3 Å². The Morgan fingerprint density at radius 2 is 2.00 bits per heavy atom. The average molecular weight is 387 g/mol. The number of hydrogen-bond donors (Lipinski definition) is 1. The molecular weight excluding hydrogens is 360 g/mol. The van der Waals surface area contributed by atoms with Gasteiger partial charge in [-0.1, -0.05) is 25.1 Å². The van der Waals surface area contributed by atoms with Gasteiger partial charge in [-0.15, -0.1) is 11.3 Å². The number of nitrogens with one attached hydrogen (secondary N) is 1. The van der Waals surface area contributed by atoms with E-state index in [0.29, 0.717) is 18.0 Å². The number of carbonyl (C=O) groups excluding carboxylic acids is 1. The third-order valence-corrected chi connectivity index (χ3v) is 6.37. The molecule has 1 aromatic carbocycles. The minimum atomic E-state index is -0.606. The number of thiophene rings is 1. The van der Waals surface area contributed by atoms with Gasteiger partial charge in [0.15, 0.2) is 11.5 Å². The third kappa shape index (κ3) is 4.28. The van der Waals surface area contributed by atoms with E-state index < -0.39 is 6.10 Å². The van der Waals surface area contributed by atoms with E-state index in [9.17, 15) is 4.79 Å². The second-order valence-electron chi connectivity index (χ2n) is 7.36. The first-order valence-corrected chi connectivity index (χ1v) is 10.5. The number of hydrogen-bond acceptors (Lipinski definition) is 5. The fourth-order valence-electron chi connectivity index (χ4n) is 3.69. The molecule has 1 amide bonds. The van der Waals surface area contributed by atoms with Gasteiger partial charge in [0, 0.05) is 11.4 Å². The smallest absolute Gasteiger partial charge is 0.264 e. The quantitative estimate of drug-likeness (QED) is 0.855. The molecule has 0 radical (unpaired) electrons. The molecule has 0 unspecified atom stereocenters. The normalized spacial score (nSPS) is 21.6. The molecule has 6 heteroatoms. The summed E-state index contributed by atoms with van der Waals surface area (Å²) in [6, 6.07) is 11.9. The molecule has 1 saturated heterocycles. The van der Waals surface area contributed by atoms with Crippen LogP contribution in [0.25, 0.3) is 0 Å². The first-order valence-electron chi connectivity index (χ1n) is 9.64. The molecule has 3 heterocycles. The van der Waals surface area contributed by atoms with Gasteiger partial charge in [-0.3, -0.25) is 9.69 Å². The van der Waals surface area contributed by atoms with Crippen molar-refractivity contribution in [3.05, 3.63) is 46.7 Å². The van der Waals surface area contributed by atoms with E-state index in [1.54, 1.807) is 11.3 Å². The molecule has 0 bridgehead atoms. The zero-order valence-corrected chi connectivity index (χ0v) is 16.4. The van der Waals surface area contributed by atoms with E-state index in [4.69, 9.17) is 9.47 Å². The van der Waals surface area contributed by atoms with Gasteiger partial charge in [-0.25, -0.2) is 0 Å². The van der Waals surface area contributed by atoms with Crippen LogP contribution in [0.3, 0.4) is 0 Å². The molecule has 27 heavy (non-hydrogen) atoms. The number of fused-ring (bicyclic) bond motifs is 1. The maximum Gasteiger partial charge on any atom is 0.264 e. The molecule has 1 N–H and O–H groups in total. The standard InChI is InChI=1S/C21H26N2O3S/c1-15-8-10-23(11-9-15)16(20-7-4-12-27-20)13-22-21(24)19-14-25-17-5-2-3-6-18(17)26-19/h2-7,12,15-16,19H,8-11,13-14H2,1H3,(H,22,24)/t16-,19+/m0/s1. The van der Waals surface area contributed by atoms with Crippen molar-refractivity contribution in [1.82, 2.24) is 10.2 Å². The van der Waals surface area contributed by atoms with Crippen LogP contribution in [0.1, 0.15) is 30.7 Å². The van der Waals surface area contributed by atoms with Gasteiger partial charge in [-0.2, -0.15) is 0 Å². The van der Waals surface area contributed by atoms with Crippen LogP contribution in [0.4, 0.5) is 0 Å². The predicted octanol–water partition coefficient (Wildman–Crippen LogP) is 3.48. The molecule has 1 aromatic heterocycles. The molecule has 2 atom stereocenters. The lowest BCUT2D eigenvalue weighted by molar-refractivity contribution is -0.130. The van der Waals surface area contributed by atoms with Crippen molar-refractivity contribution in [1.29, 1.82) is 0 Å². The minimum absolute atomic E-state index is 0.114. The molecule has 5 nitrogen and oxygen atoms in total. The molecular formula is C21H26N2O3S. The number of rotatable bonds is 5. The number of nitrogens with zero attached hydrogens (tertiary/aromatic N) is 1. The van der Waals surface area contributed by atoms with Gasteiger partial charge in [0.25, 0.3) is 5.91 Å². The van der Waals surface area contributed by atoms with Crippen LogP contribution in [0, 0.1) is 5.92 Å². The Kier molecular flexibility index (Phi) is 5.64. The molecule has 2 aliphatic rings. The van der Waals surface area contributed by atoms with Crippen molar-refractivity contribution >= 4 is 17.2 Å². The Bertz CT molecular complexity index is 757. The minimum Gasteiger partial charge on any atom is -0.485 e. The average Bonchev–Trinajstić information content (AvgIpc) is 3.23. The topological polar surface area (TPSA) is 50.8 Å². The van der Waals surface area contributed by atoms with Crippen molar-refractivity contribution in [2.45, 2.75) is 31.9 Å². The van der Waals surface area contributed by atoms with Crippen molar-refractivity contribution in [2.24, 2.45) is 5.92 Å². The zero-order valence-electron chi connectivity index (χ0n) is 15.6. The number of para-hydroxylation sites is 2. The van der Waals surface area contributed by atoms with Crippen LogP contribution in [-0.4, -0.2) is 43.2 Å². The van der Waals surface area contributed by atoms with Crippen molar-refractivity contribution in [3.63, 3.8) is 0 Å². The lowest BCUT2D eigenvalue weighted by Crippen LogP contribution is -2.47. The van der Waals surface area contributed by atoms with Gasteiger partial charge in [0.1, 0.15) is 6.61 Å². The van der Waals surface area contributed by atoms with E-state index in [1.165, 1.54) is 17.7 Å². The Balaban J connectivity index is 1.38. The summed E-state index contributed by atoms with van der Waals surface area (Å²) in [5.41, 5.74) is 0. The second-order valence-corrected chi connectivity index (χ2v) is 8.34. The van der Waals surface area contributed by atoms with Crippen LogP contribution in [-0.2, 0) is 4.79 Å². The fourth-order valence-corrected chi connectivity index (χ4v) is 4.55. The fraction of sp³-hybridized carbons (Fsp3) is 0.476. The van der Waals surface area contributed by atoms with Crippen molar-refractivity contribution in [3.8, 4) is 11.5 Å². The summed E-state index contributed by atoms with van der Waals surface area (Å²) in [7, 11) is 0. The summed E-state index contributed by atoms with van der Waals surface area (Å²) in [5, 5.41) is 5.20. The van der Waals surface area contributed by atoms with E-state index in [-0.39, 0.29) is 18.6 Å². The number of likely N-dealkylation sites (tertiary alicyclic amines) is 1. The summed E-state index contributed by atoms with van der Waals surface area (Å²) in [6.07, 6.45) is 1.82. The molecule has 0 aliphatic carbocycles. The maximum atomic E-state index is 12.7. The highest BCUT2D eigenvalue weighted by molar-refractivity contribution is 7.10. The summed E-state index contributed by atoms with van der Waals surface area (Å²) in [6.45, 7) is 5.31. The van der Waals surface area contributed by atoms with Crippen LogP contribution < -0.4 is 14.8 Å². The number of amides is 1. The molecule has 4 rings (SSSR count). The van der Waals surface area contributed by atoms with E-state index in [2.05, 4.69) is 34.7 Å². The highest BCUT2D eigenvalue weighted by Gasteiger charge is 2.30. The predicted molar refractivity (Wildman–Crippen MR) is 106 cm³/mol. The molecule has 0 spiro atoms. The summed E-state index contributed by atoms with van der Waals surface area (Å²) in [5.74, 6) is 1.99. The Labute approximate surface area is 164 Å². The molecule has 144 valence electrons. The molecule has 2 aromatic rings. The molecule has 1 fully saturated rings. The summed E-state index contributed by atoms with van der Waals surface area (Å²) >= 11 is 1.75. The summed E-state index contributed by atoms with van der Waals surface area (Å²) < 4.78 is 11.5. The van der Waals surface area contributed by atoms with Gasteiger partial charge in [0.05, 0.1) is 6.04 Å². The number of benzene rings is 1. The van der Waals surface area contributed by atoms with Crippen LogP contribution in [0.15, 0.2) is 41.8 Å². The number of ether oxygens (including phenoxy) is 2. The molecule has 2 aliphatic heterocycles. The third-order valence-electron chi connectivity index (χ3n) is 5.40. The van der Waals surface area contributed by atoms with Gasteiger partial charge >= 0.3 is 0 Å². The van der Waals surface area contributed by atoms with E-state index >= 15 is 0 Å². The Morgan fingerprint density at radius 1 is 1.22 bits per heavy atom. The zero-order chi connectivity index (χ0) is 18.6. The van der Waals surface area contributed by atoms with E-state index in [1.807, 2.05) is 24.3 Å². The maximum absolute atomic E-state index is 12.7. The lowest BCUT2D eigenvalue weighted by Gasteiger charge is -2.36. The van der Waals surface area contributed by atoms with Gasteiger partial charge in [-0.05, 0) is 55.4 Å². The first kappa shape index (κ1) is 18.3. The van der Waals surface area contributed by atoms with Gasteiger partial charge < -0.3 is 14.8 Å². The van der Waals surface area contributed by atoms with Crippen LogP contribution in [0.2, 0.25) is 0 Å². The second kappa shape index (κ2) is 8.31. The number of piperidine rings is 1. The largest absolute Gasteiger partial charge is 0.485 e. The SMILES string of the molecule is CC1CCN([C@@H](CNC(=O)[C@H]2COc3ccccc3O2)c2cccs2)CC1. The van der Waals surface area contributed by atoms with E-state index in [0.717, 1.165) is 19.0 Å². The lowest BCUT2D eigenvalue weighted by atomic mass is 9.97. The highest BCUT2D eigenvalue weighted by atomic mass is 32.1. The number of carbonyl (C=O) groups is 1. The van der Waals surface area contributed by atoms with Crippen LogP contribution in [0.5, 0.6) is 11.5 Å². The highest BCUT2D eigenvalue weighted by Crippen LogP contribution is 2.31. The Morgan fingerprint density at radius 3 is 2.74 bits per heavy atom. The Hall–Kier alpha value is -2.05. The monoisotopic (exact) mass is 386 g/mol.